The average molecular weight is 179 g/mol. The van der Waals surface area contributed by atoms with Crippen molar-refractivity contribution in [3.63, 3.8) is 0 Å². The fraction of sp³-hybridized carbons (Fsp3) is 0.400. The molecule has 0 amide bonds. The molecular weight excluding hydrogens is 166 g/mol. The Bertz CT molecular complexity index is 312. The number of hydrogen-bond donors (Lipinski definition) is 1. The molecule has 1 aliphatic carbocycles. The van der Waals surface area contributed by atoms with Gasteiger partial charge in [-0.15, -0.1) is 11.3 Å². The maximum atomic E-state index is 5.88. The van der Waals surface area contributed by atoms with Crippen molar-refractivity contribution in [3.05, 3.63) is 22.6 Å². The molecule has 2 rings (SSSR count). The summed E-state index contributed by atoms with van der Waals surface area (Å²) >= 11 is 1.75. The first-order valence-corrected chi connectivity index (χ1v) is 5.17. The molecule has 0 radical (unpaired) electrons. The molecule has 0 spiro atoms. The van der Waals surface area contributed by atoms with Gasteiger partial charge in [0.1, 0.15) is 0 Å². The van der Waals surface area contributed by atoms with Gasteiger partial charge in [0.15, 0.2) is 0 Å². The first kappa shape index (κ1) is 7.87. The van der Waals surface area contributed by atoms with Crippen molar-refractivity contribution in [2.45, 2.75) is 25.7 Å². The summed E-state index contributed by atoms with van der Waals surface area (Å²) in [6, 6.07) is 0. The quantitative estimate of drug-likeness (QED) is 0.705. The smallest absolute Gasteiger partial charge is 0.0935 e. The predicted molar refractivity (Wildman–Crippen MR) is 55.5 cm³/mol. The molecular formula is C10H13NS. The van der Waals surface area contributed by atoms with Gasteiger partial charge in [0.05, 0.1) is 5.00 Å². The number of anilines is 1. The summed E-state index contributed by atoms with van der Waals surface area (Å²) < 4.78 is 0. The Morgan fingerprint density at radius 1 is 1.33 bits per heavy atom. The molecule has 0 fully saturated rings. The minimum absolute atomic E-state index is 0.955. The second kappa shape index (κ2) is 2.94. The highest BCUT2D eigenvalue weighted by atomic mass is 32.1. The summed E-state index contributed by atoms with van der Waals surface area (Å²) in [5, 5.41) is 0.955. The van der Waals surface area contributed by atoms with E-state index in [1.807, 2.05) is 6.08 Å². The largest absolute Gasteiger partial charge is 0.390 e. The van der Waals surface area contributed by atoms with E-state index in [9.17, 15) is 0 Å². The molecule has 1 nitrogen and oxygen atoms in total. The van der Waals surface area contributed by atoms with E-state index in [0.717, 1.165) is 5.00 Å². The minimum atomic E-state index is 0.955. The van der Waals surface area contributed by atoms with Crippen molar-refractivity contribution in [2.24, 2.45) is 0 Å². The first-order valence-electron chi connectivity index (χ1n) is 4.35. The van der Waals surface area contributed by atoms with Crippen LogP contribution in [0, 0.1) is 0 Å². The van der Waals surface area contributed by atoms with Crippen LogP contribution in [0.1, 0.15) is 28.8 Å². The molecule has 0 atom stereocenters. The highest BCUT2D eigenvalue weighted by Crippen LogP contribution is 2.36. The predicted octanol–water partition coefficient (Wildman–Crippen LogP) is 2.85. The lowest BCUT2D eigenvalue weighted by atomic mass is 9.96. The fourth-order valence-corrected chi connectivity index (χ4v) is 3.00. The lowest BCUT2D eigenvalue weighted by Crippen LogP contribution is -1.99. The molecule has 0 aromatic carbocycles. The second-order valence-electron chi connectivity index (χ2n) is 3.19. The Morgan fingerprint density at radius 3 is 2.83 bits per heavy atom. The summed E-state index contributed by atoms with van der Waals surface area (Å²) in [5.41, 5.74) is 8.55. The fourth-order valence-electron chi connectivity index (χ4n) is 1.84. The SMILES string of the molecule is C=Cc1c(N)sc2c1CCCC2. The van der Waals surface area contributed by atoms with Gasteiger partial charge in [0.2, 0.25) is 0 Å². The summed E-state index contributed by atoms with van der Waals surface area (Å²) in [7, 11) is 0. The normalized spacial score (nSPS) is 15.7. The number of nitrogen functional groups attached to an aromatic ring is 1. The molecule has 2 heteroatoms. The molecule has 1 aromatic heterocycles. The average Bonchev–Trinajstić information content (AvgIpc) is 2.40. The van der Waals surface area contributed by atoms with Crippen LogP contribution in [0.4, 0.5) is 5.00 Å². The maximum Gasteiger partial charge on any atom is 0.0935 e. The number of fused-ring (bicyclic) bond motifs is 1. The minimum Gasteiger partial charge on any atom is -0.390 e. The van der Waals surface area contributed by atoms with E-state index < -0.39 is 0 Å². The van der Waals surface area contributed by atoms with Crippen LogP contribution < -0.4 is 5.73 Å². The van der Waals surface area contributed by atoms with Gasteiger partial charge in [0, 0.05) is 10.4 Å². The van der Waals surface area contributed by atoms with Crippen molar-refractivity contribution >= 4 is 22.4 Å². The zero-order valence-corrected chi connectivity index (χ0v) is 7.91. The van der Waals surface area contributed by atoms with Crippen LogP contribution in [-0.2, 0) is 12.8 Å². The highest BCUT2D eigenvalue weighted by Gasteiger charge is 2.16. The Kier molecular flexibility index (Phi) is 1.93. The molecule has 1 aliphatic rings. The van der Waals surface area contributed by atoms with Crippen molar-refractivity contribution in [1.82, 2.24) is 0 Å². The van der Waals surface area contributed by atoms with E-state index in [1.165, 1.54) is 41.7 Å². The molecule has 12 heavy (non-hydrogen) atoms. The molecule has 0 aliphatic heterocycles. The summed E-state index contributed by atoms with van der Waals surface area (Å²) in [4.78, 5) is 1.49. The van der Waals surface area contributed by atoms with Crippen LogP contribution >= 0.6 is 11.3 Å². The van der Waals surface area contributed by atoms with E-state index in [0.29, 0.717) is 0 Å². The molecule has 0 bridgehead atoms. The molecule has 1 aromatic rings. The number of hydrogen-bond acceptors (Lipinski definition) is 2. The van der Waals surface area contributed by atoms with E-state index in [-0.39, 0.29) is 0 Å². The second-order valence-corrected chi connectivity index (χ2v) is 4.33. The Hall–Kier alpha value is -0.760. The van der Waals surface area contributed by atoms with Crippen LogP contribution in [0.15, 0.2) is 6.58 Å². The van der Waals surface area contributed by atoms with Gasteiger partial charge in [-0.1, -0.05) is 12.7 Å². The van der Waals surface area contributed by atoms with Gasteiger partial charge in [-0.3, -0.25) is 0 Å². The zero-order chi connectivity index (χ0) is 8.55. The third-order valence-corrected chi connectivity index (χ3v) is 3.58. The van der Waals surface area contributed by atoms with Gasteiger partial charge in [-0.25, -0.2) is 0 Å². The Morgan fingerprint density at radius 2 is 2.08 bits per heavy atom. The van der Waals surface area contributed by atoms with Gasteiger partial charge >= 0.3 is 0 Å². The van der Waals surface area contributed by atoms with Gasteiger partial charge < -0.3 is 5.73 Å². The van der Waals surface area contributed by atoms with E-state index in [1.54, 1.807) is 11.3 Å². The summed E-state index contributed by atoms with van der Waals surface area (Å²) in [6.07, 6.45) is 6.95. The van der Waals surface area contributed by atoms with E-state index >= 15 is 0 Å². The summed E-state index contributed by atoms with van der Waals surface area (Å²) in [5.74, 6) is 0. The number of rotatable bonds is 1. The molecule has 1 heterocycles. The van der Waals surface area contributed by atoms with Crippen LogP contribution in [0.2, 0.25) is 0 Å². The summed E-state index contributed by atoms with van der Waals surface area (Å²) in [6.45, 7) is 3.80. The maximum absolute atomic E-state index is 5.88. The lowest BCUT2D eigenvalue weighted by Gasteiger charge is -2.10. The van der Waals surface area contributed by atoms with Crippen LogP contribution in [0.5, 0.6) is 0 Å². The van der Waals surface area contributed by atoms with Crippen LogP contribution in [0.25, 0.3) is 6.08 Å². The Labute approximate surface area is 76.9 Å². The highest BCUT2D eigenvalue weighted by molar-refractivity contribution is 7.16. The molecule has 0 unspecified atom stereocenters. The number of aryl methyl sites for hydroxylation is 1. The van der Waals surface area contributed by atoms with Gasteiger partial charge in [0.25, 0.3) is 0 Å². The molecule has 0 saturated heterocycles. The monoisotopic (exact) mass is 179 g/mol. The molecule has 64 valence electrons. The van der Waals surface area contributed by atoms with Crippen molar-refractivity contribution in [2.75, 3.05) is 5.73 Å². The van der Waals surface area contributed by atoms with Crippen molar-refractivity contribution in [3.8, 4) is 0 Å². The van der Waals surface area contributed by atoms with Gasteiger partial charge in [-0.05, 0) is 31.2 Å². The van der Waals surface area contributed by atoms with Crippen molar-refractivity contribution in [1.29, 1.82) is 0 Å². The number of thiophene rings is 1. The zero-order valence-electron chi connectivity index (χ0n) is 7.10. The van der Waals surface area contributed by atoms with Gasteiger partial charge in [-0.2, -0.15) is 0 Å². The van der Waals surface area contributed by atoms with Crippen molar-refractivity contribution < 1.29 is 0 Å². The third kappa shape index (κ3) is 1.07. The lowest BCUT2D eigenvalue weighted by molar-refractivity contribution is 0.696. The Balaban J connectivity index is 2.53. The van der Waals surface area contributed by atoms with Crippen LogP contribution in [-0.4, -0.2) is 0 Å². The molecule has 2 N–H and O–H groups in total. The van der Waals surface area contributed by atoms with E-state index in [4.69, 9.17) is 5.73 Å². The third-order valence-electron chi connectivity index (χ3n) is 2.45. The molecule has 0 saturated carbocycles. The van der Waals surface area contributed by atoms with Crippen LogP contribution in [0.3, 0.4) is 0 Å². The van der Waals surface area contributed by atoms with E-state index in [2.05, 4.69) is 6.58 Å². The number of nitrogens with two attached hydrogens (primary N) is 1. The topological polar surface area (TPSA) is 26.0 Å². The first-order chi connectivity index (χ1) is 5.83. The standard InChI is InChI=1S/C10H13NS/c1-2-7-8-5-3-4-6-9(8)12-10(7)11/h2H,1,3-6,11H2.